The monoisotopic (exact) mass is 972 g/mol. The van der Waals surface area contributed by atoms with Gasteiger partial charge in [-0.3, -0.25) is 33.8 Å². The molecule has 0 saturated heterocycles. The zero-order chi connectivity index (χ0) is 50.7. The molecule has 6 atom stereocenters. The fraction of sp³-hybridized carbons (Fsp3) is 0.143. The fourth-order valence-corrected chi connectivity index (χ4v) is 11.4. The van der Waals surface area contributed by atoms with Crippen molar-refractivity contribution < 1.29 is 59.4 Å². The number of hydrogen-bond acceptors (Lipinski definition) is 17. The third-order valence-corrected chi connectivity index (χ3v) is 14.0. The van der Waals surface area contributed by atoms with E-state index in [1.807, 2.05) is 0 Å². The summed E-state index contributed by atoms with van der Waals surface area (Å²) in [5.41, 5.74) is -13.0. The number of rotatable bonds is 9. The molecule has 0 amide bonds. The van der Waals surface area contributed by atoms with Crippen molar-refractivity contribution in [2.75, 3.05) is 0 Å². The quantitative estimate of drug-likeness (QED) is 0.0911. The van der Waals surface area contributed by atoms with E-state index in [0.29, 0.717) is 34.0 Å². The first-order valence-corrected chi connectivity index (χ1v) is 20.7. The highest BCUT2D eigenvalue weighted by atomic mass is 32.1. The zero-order valence-corrected chi connectivity index (χ0v) is 35.6. The Morgan fingerprint density at radius 3 is 1.10 bits per heavy atom. The molecule has 6 N–H and O–H groups in total. The Bertz CT molecular complexity index is 3120. The van der Waals surface area contributed by atoms with E-state index in [0.717, 1.165) is 0 Å². The van der Waals surface area contributed by atoms with Gasteiger partial charge in [0.15, 0.2) is 11.4 Å². The van der Waals surface area contributed by atoms with Crippen molar-refractivity contribution in [3.63, 3.8) is 0 Å². The van der Waals surface area contributed by atoms with E-state index in [9.17, 15) is 85.7 Å². The Balaban J connectivity index is 1.84. The second kappa shape index (κ2) is 17.2. The Morgan fingerprint density at radius 1 is 0.464 bits per heavy atom. The van der Waals surface area contributed by atoms with Gasteiger partial charge in [0.1, 0.15) is 67.5 Å². The van der Waals surface area contributed by atoms with Crippen LogP contribution in [0.3, 0.4) is 0 Å². The molecule has 3 aromatic heterocycles. The summed E-state index contributed by atoms with van der Waals surface area (Å²) < 4.78 is 0. The molecule has 0 bridgehead atoms. The first-order chi connectivity index (χ1) is 32.9. The minimum absolute atomic E-state index is 0.324. The third-order valence-electron chi connectivity index (χ3n) is 11.1. The summed E-state index contributed by atoms with van der Waals surface area (Å²) in [6, 6.07) is 8.10. The highest BCUT2D eigenvalue weighted by Crippen LogP contribution is 2.67. The predicted octanol–water partition coefficient (Wildman–Crippen LogP) is 5.33. The Morgan fingerprint density at radius 2 is 0.826 bits per heavy atom. The summed E-state index contributed by atoms with van der Waals surface area (Å²) in [4.78, 5) is 107. The van der Waals surface area contributed by atoms with Crippen molar-refractivity contribution in [1.82, 2.24) is 15.0 Å². The van der Waals surface area contributed by atoms with E-state index in [1.165, 1.54) is 0 Å². The van der Waals surface area contributed by atoms with Crippen molar-refractivity contribution in [3.8, 4) is 30.3 Å². The number of aliphatic carboxylic acids is 6. The number of carbonyl (C=O) groups is 6. The van der Waals surface area contributed by atoms with Gasteiger partial charge >= 0.3 is 35.8 Å². The topological polar surface area (TPSA) is 399 Å². The summed E-state index contributed by atoms with van der Waals surface area (Å²) in [5, 5.41) is 114. The van der Waals surface area contributed by atoms with Gasteiger partial charge in [0, 0.05) is 0 Å². The van der Waals surface area contributed by atoms with Crippen LogP contribution >= 0.6 is 34.0 Å². The van der Waals surface area contributed by atoms with Crippen LogP contribution in [0, 0.1) is 82.9 Å². The van der Waals surface area contributed by atoms with Gasteiger partial charge < -0.3 is 35.5 Å². The fourth-order valence-electron chi connectivity index (χ4n) is 8.95. The van der Waals surface area contributed by atoms with Crippen molar-refractivity contribution in [1.29, 1.82) is 26.3 Å². The van der Waals surface area contributed by atoms with E-state index < -0.39 is 185 Å². The Kier molecular flexibility index (Phi) is 11.6. The lowest BCUT2D eigenvalue weighted by Gasteiger charge is -2.23. The maximum atomic E-state index is 13.9. The number of nitriles is 5. The van der Waals surface area contributed by atoms with Crippen molar-refractivity contribution in [3.05, 3.63) is 132 Å². The molecule has 69 heavy (non-hydrogen) atoms. The smallest absolute Gasteiger partial charge is 0.315 e. The van der Waals surface area contributed by atoms with Crippen LogP contribution in [0.25, 0.3) is 36.3 Å². The molecule has 3 aliphatic carbocycles. The average molecular weight is 973 g/mol. The number of thiazole rings is 3. The van der Waals surface area contributed by atoms with Gasteiger partial charge in [-0.25, -0.2) is 19.5 Å². The summed E-state index contributed by atoms with van der Waals surface area (Å²) in [6.07, 6.45) is 0. The van der Waals surface area contributed by atoms with E-state index >= 15 is 0 Å². The van der Waals surface area contributed by atoms with Gasteiger partial charge in [-0.05, 0) is 50.1 Å². The maximum Gasteiger partial charge on any atom is 0.315 e. The van der Waals surface area contributed by atoms with Crippen LogP contribution in [-0.2, 0) is 28.8 Å². The number of carboxylic acids is 6. The van der Waals surface area contributed by atoms with Crippen molar-refractivity contribution >= 4 is 97.6 Å². The molecule has 0 radical (unpaired) electrons. The molecule has 7 rings (SSSR count). The number of carboxylic acid groups (broad SMARTS) is 6. The molecule has 27 heteroatoms. The second-order valence-electron chi connectivity index (χ2n) is 14.1. The van der Waals surface area contributed by atoms with Crippen LogP contribution in [0.4, 0.5) is 10.8 Å². The van der Waals surface area contributed by atoms with Gasteiger partial charge in [-0.15, -0.1) is 27.7 Å². The molecule has 330 valence electrons. The van der Waals surface area contributed by atoms with Crippen LogP contribution in [0.1, 0.15) is 105 Å². The van der Waals surface area contributed by atoms with E-state index in [1.54, 1.807) is 30.3 Å². The van der Waals surface area contributed by atoms with Crippen LogP contribution in [0.2, 0.25) is 0 Å². The molecule has 4 aromatic rings. The highest BCUT2D eigenvalue weighted by Gasteiger charge is 2.61. The number of allylic oxidation sites excluding steroid dienone is 1. The van der Waals surface area contributed by atoms with Gasteiger partial charge in [0.2, 0.25) is 16.4 Å². The largest absolute Gasteiger partial charge is 0.481 e. The zero-order valence-electron chi connectivity index (χ0n) is 33.2. The van der Waals surface area contributed by atoms with Crippen LogP contribution in [0.5, 0.6) is 0 Å². The molecule has 3 heterocycles. The Labute approximate surface area is 394 Å². The normalized spacial score (nSPS) is 21.3. The number of aromatic nitrogens is 3. The first kappa shape index (κ1) is 46.5. The number of nitrogens with zero attached hydrogens (tertiary/aromatic N) is 12. The van der Waals surface area contributed by atoms with Crippen LogP contribution in [-0.4, -0.2) is 81.4 Å². The molecule has 0 fully saturated rings. The van der Waals surface area contributed by atoms with Gasteiger partial charge in [0.25, 0.3) is 10.8 Å². The molecule has 1 aromatic carbocycles. The molecule has 0 spiro atoms. The Hall–Kier alpha value is -10.4. The first-order valence-electron chi connectivity index (χ1n) is 18.2. The number of fused-ring (bicyclic) bond motifs is 6. The summed E-state index contributed by atoms with van der Waals surface area (Å²) in [7, 11) is 0. The lowest BCUT2D eigenvalue weighted by Crippen LogP contribution is -2.19. The summed E-state index contributed by atoms with van der Waals surface area (Å²) >= 11 is 0.978. The number of benzene rings is 1. The highest BCUT2D eigenvalue weighted by molar-refractivity contribution is 7.17. The minimum atomic E-state index is -2.62. The maximum absolute atomic E-state index is 13.9. The summed E-state index contributed by atoms with van der Waals surface area (Å²) in [6.45, 7) is 31.4. The van der Waals surface area contributed by atoms with Gasteiger partial charge in [-0.1, -0.05) is 17.9 Å². The van der Waals surface area contributed by atoms with E-state index in [4.69, 9.17) is 26.3 Å². The van der Waals surface area contributed by atoms with E-state index in [2.05, 4.69) is 34.3 Å². The van der Waals surface area contributed by atoms with E-state index in [-0.39, 0.29) is 0 Å². The predicted molar refractivity (Wildman–Crippen MR) is 226 cm³/mol. The molecule has 0 saturated carbocycles. The minimum Gasteiger partial charge on any atom is -0.481 e. The van der Waals surface area contributed by atoms with Crippen molar-refractivity contribution in [2.45, 2.75) is 35.5 Å². The molecule has 6 unspecified atom stereocenters. The third kappa shape index (κ3) is 6.64. The standard InChI is InChI=1S/C42H12N12O12S3/c1-48-30(35-52-11(6-44)13(8-46)67-35)22-26(39(59)60)18-16-17(25(38(57)58)15(24(16)37(55)56)10(5-43)33-54-32(50-3)14(9-47)68-33)19-21(20(18)28(22)41(63)64)29(42(65)66)23(27(19)40(61)62)31(49-2)36-53-12(7-45)34(51-4)69-36/h24-29H,(H,55,56)(H,57,58)(H,59,60)(H,61,62)(H,63,64)(H,65,66)/b15-10-,30-22-,31-23+. The molecule has 3 aliphatic rings. The van der Waals surface area contributed by atoms with Gasteiger partial charge in [-0.2, -0.15) is 26.3 Å². The molecule has 24 nitrogen and oxygen atoms in total. The summed E-state index contributed by atoms with van der Waals surface area (Å²) in [5.74, 6) is -28.9. The lowest BCUT2D eigenvalue weighted by atomic mass is 9.80. The van der Waals surface area contributed by atoms with Crippen molar-refractivity contribution in [2.24, 2.45) is 0 Å². The molecular formula is C42H12N12O12S3. The molecule has 0 aliphatic heterocycles. The lowest BCUT2D eigenvalue weighted by molar-refractivity contribution is -0.140. The van der Waals surface area contributed by atoms with Crippen LogP contribution in [0.15, 0.2) is 16.7 Å². The second-order valence-corrected chi connectivity index (χ2v) is 17.1. The van der Waals surface area contributed by atoms with Gasteiger partial charge in [0.05, 0.1) is 43.4 Å². The SMILES string of the molecule is [C-]#[N+]/C(=C1/C(C(=O)O)c2c3c(c4c(c2C1C(=O)O)C(C(=O)O)/C(=C(/[N+]#[C-])c1nc(C#N)c([N+]#[C-])s1)C4C(=O)O)C(C(=O)O)/C(=C(/C#N)c1nc([N+]#[C-])c(C#N)s1)C3C(=O)O)c1nc(C#N)c(C#N)s1. The number of hydrogen-bond donors (Lipinski definition) is 6. The average Bonchev–Trinajstić information content (AvgIpc) is 4.16. The van der Waals surface area contributed by atoms with Crippen LogP contribution < -0.4 is 0 Å². The molecular weight excluding hydrogens is 961 g/mol.